The highest BCUT2D eigenvalue weighted by Gasteiger charge is 2.41. The summed E-state index contributed by atoms with van der Waals surface area (Å²) in [5.74, 6) is 0.364. The van der Waals surface area contributed by atoms with Gasteiger partial charge in [-0.2, -0.15) is 0 Å². The Bertz CT molecular complexity index is 621. The van der Waals surface area contributed by atoms with Crippen LogP contribution in [0.1, 0.15) is 58.4 Å². The van der Waals surface area contributed by atoms with Crippen molar-refractivity contribution >= 4 is 11.8 Å². The van der Waals surface area contributed by atoms with E-state index in [1.807, 2.05) is 43.9 Å². The SMILES string of the molecule is CC(C)(C)C(=O)N1CCC(C(=O)NC2(c3ccccc3)CCC2)CC1. The van der Waals surface area contributed by atoms with Crippen molar-refractivity contribution in [3.8, 4) is 0 Å². The van der Waals surface area contributed by atoms with Crippen LogP contribution in [0.15, 0.2) is 30.3 Å². The van der Waals surface area contributed by atoms with Crippen molar-refractivity contribution in [2.24, 2.45) is 11.3 Å². The Morgan fingerprint density at radius 1 is 1.08 bits per heavy atom. The number of carbonyl (C=O) groups is 2. The lowest BCUT2D eigenvalue weighted by Crippen LogP contribution is -2.54. The van der Waals surface area contributed by atoms with Crippen molar-refractivity contribution in [2.75, 3.05) is 13.1 Å². The van der Waals surface area contributed by atoms with Gasteiger partial charge in [-0.1, -0.05) is 51.1 Å². The van der Waals surface area contributed by atoms with Crippen molar-refractivity contribution in [1.82, 2.24) is 10.2 Å². The molecule has 0 bridgehead atoms. The molecule has 2 amide bonds. The van der Waals surface area contributed by atoms with Gasteiger partial charge in [-0.15, -0.1) is 0 Å². The summed E-state index contributed by atoms with van der Waals surface area (Å²) in [4.78, 5) is 27.1. The Morgan fingerprint density at radius 2 is 1.68 bits per heavy atom. The number of likely N-dealkylation sites (tertiary alicyclic amines) is 1. The van der Waals surface area contributed by atoms with Gasteiger partial charge in [0, 0.05) is 24.4 Å². The van der Waals surface area contributed by atoms with Crippen LogP contribution in [-0.2, 0) is 15.1 Å². The standard InChI is InChI=1S/C21H30N2O2/c1-20(2,3)19(25)23-14-10-16(11-15-23)18(24)22-21(12-7-13-21)17-8-5-4-6-9-17/h4-6,8-9,16H,7,10-15H2,1-3H3,(H,22,24). The van der Waals surface area contributed by atoms with E-state index < -0.39 is 0 Å². The molecular formula is C21H30N2O2. The number of nitrogens with zero attached hydrogens (tertiary/aromatic N) is 1. The van der Waals surface area contributed by atoms with E-state index in [4.69, 9.17) is 0 Å². The summed E-state index contributed by atoms with van der Waals surface area (Å²) in [6, 6.07) is 10.3. The van der Waals surface area contributed by atoms with E-state index in [2.05, 4.69) is 17.4 Å². The highest BCUT2D eigenvalue weighted by atomic mass is 16.2. The zero-order chi connectivity index (χ0) is 18.1. The molecule has 4 nitrogen and oxygen atoms in total. The van der Waals surface area contributed by atoms with Crippen LogP contribution in [0, 0.1) is 11.3 Å². The van der Waals surface area contributed by atoms with Crippen LogP contribution >= 0.6 is 0 Å². The van der Waals surface area contributed by atoms with Gasteiger partial charge in [-0.25, -0.2) is 0 Å². The molecular weight excluding hydrogens is 312 g/mol. The fraction of sp³-hybridized carbons (Fsp3) is 0.619. The van der Waals surface area contributed by atoms with Crippen LogP contribution in [0.25, 0.3) is 0 Å². The smallest absolute Gasteiger partial charge is 0.227 e. The maximum atomic E-state index is 12.8. The molecule has 1 aromatic rings. The van der Waals surface area contributed by atoms with Crippen LogP contribution in [0.4, 0.5) is 0 Å². The lowest BCUT2D eigenvalue weighted by molar-refractivity contribution is -0.143. The van der Waals surface area contributed by atoms with Gasteiger partial charge >= 0.3 is 0 Å². The average Bonchev–Trinajstić information content (AvgIpc) is 2.57. The predicted molar refractivity (Wildman–Crippen MR) is 98.9 cm³/mol. The number of benzene rings is 1. The summed E-state index contributed by atoms with van der Waals surface area (Å²) >= 11 is 0. The highest BCUT2D eigenvalue weighted by molar-refractivity contribution is 5.83. The topological polar surface area (TPSA) is 49.4 Å². The number of hydrogen-bond acceptors (Lipinski definition) is 2. The van der Waals surface area contributed by atoms with E-state index in [1.54, 1.807) is 0 Å². The first-order valence-corrected chi connectivity index (χ1v) is 9.49. The molecule has 2 aliphatic rings. The van der Waals surface area contributed by atoms with Crippen LogP contribution < -0.4 is 5.32 Å². The third-order valence-electron chi connectivity index (χ3n) is 5.69. The first-order valence-electron chi connectivity index (χ1n) is 9.49. The van der Waals surface area contributed by atoms with Crippen molar-refractivity contribution in [3.05, 3.63) is 35.9 Å². The minimum Gasteiger partial charge on any atom is -0.346 e. The van der Waals surface area contributed by atoms with E-state index in [9.17, 15) is 9.59 Å². The Kier molecular flexibility index (Phi) is 4.90. The summed E-state index contributed by atoms with van der Waals surface area (Å²) in [5.41, 5.74) is 0.699. The van der Waals surface area contributed by atoms with Gasteiger partial charge < -0.3 is 10.2 Å². The van der Waals surface area contributed by atoms with Gasteiger partial charge in [0.25, 0.3) is 0 Å². The maximum absolute atomic E-state index is 12.8. The van der Waals surface area contributed by atoms with Crippen molar-refractivity contribution in [1.29, 1.82) is 0 Å². The molecule has 0 unspecified atom stereocenters. The molecule has 1 N–H and O–H groups in total. The number of rotatable bonds is 3. The second kappa shape index (κ2) is 6.81. The lowest BCUT2D eigenvalue weighted by Gasteiger charge is -2.44. The monoisotopic (exact) mass is 342 g/mol. The molecule has 0 atom stereocenters. The molecule has 0 aromatic heterocycles. The fourth-order valence-corrected chi connectivity index (χ4v) is 3.93. The molecule has 1 heterocycles. The third-order valence-corrected chi connectivity index (χ3v) is 5.69. The Labute approximate surface area is 151 Å². The van der Waals surface area contributed by atoms with Crippen LogP contribution in [0.2, 0.25) is 0 Å². The van der Waals surface area contributed by atoms with Crippen molar-refractivity contribution in [2.45, 2.75) is 58.4 Å². The van der Waals surface area contributed by atoms with Gasteiger partial charge in [0.1, 0.15) is 0 Å². The number of hydrogen-bond donors (Lipinski definition) is 1. The minimum atomic E-state index is -0.349. The summed E-state index contributed by atoms with van der Waals surface area (Å²) in [7, 11) is 0. The zero-order valence-electron chi connectivity index (χ0n) is 15.7. The highest BCUT2D eigenvalue weighted by Crippen LogP contribution is 2.41. The van der Waals surface area contributed by atoms with Gasteiger partial charge in [-0.3, -0.25) is 9.59 Å². The number of amides is 2. The molecule has 3 rings (SSSR count). The molecule has 1 aliphatic carbocycles. The summed E-state index contributed by atoms with van der Waals surface area (Å²) < 4.78 is 0. The third kappa shape index (κ3) is 3.73. The molecule has 25 heavy (non-hydrogen) atoms. The lowest BCUT2D eigenvalue weighted by atomic mass is 9.71. The zero-order valence-corrected chi connectivity index (χ0v) is 15.7. The second-order valence-corrected chi connectivity index (χ2v) is 8.61. The number of piperidine rings is 1. The van der Waals surface area contributed by atoms with E-state index in [0.717, 1.165) is 32.1 Å². The van der Waals surface area contributed by atoms with E-state index in [0.29, 0.717) is 13.1 Å². The van der Waals surface area contributed by atoms with Gasteiger partial charge in [-0.05, 0) is 37.7 Å². The largest absolute Gasteiger partial charge is 0.346 e. The van der Waals surface area contributed by atoms with Gasteiger partial charge in [0.15, 0.2) is 0 Å². The first-order chi connectivity index (χ1) is 11.8. The maximum Gasteiger partial charge on any atom is 0.227 e. The minimum absolute atomic E-state index is 0.0187. The van der Waals surface area contributed by atoms with E-state index in [1.165, 1.54) is 5.56 Å². The van der Waals surface area contributed by atoms with Gasteiger partial charge in [0.2, 0.25) is 11.8 Å². The molecule has 1 aromatic carbocycles. The molecule has 2 fully saturated rings. The molecule has 0 radical (unpaired) electrons. The molecule has 136 valence electrons. The Balaban J connectivity index is 1.59. The fourth-order valence-electron chi connectivity index (χ4n) is 3.93. The quantitative estimate of drug-likeness (QED) is 0.914. The normalized spacial score (nSPS) is 20.7. The first kappa shape index (κ1) is 18.0. The summed E-state index contributed by atoms with van der Waals surface area (Å²) in [5, 5.41) is 3.35. The molecule has 0 spiro atoms. The number of nitrogens with one attached hydrogen (secondary N) is 1. The molecule has 1 saturated carbocycles. The number of carbonyl (C=O) groups excluding carboxylic acids is 2. The summed E-state index contributed by atoms with van der Waals surface area (Å²) in [6.07, 6.45) is 4.72. The van der Waals surface area contributed by atoms with Crippen LogP contribution in [0.3, 0.4) is 0 Å². The van der Waals surface area contributed by atoms with Crippen molar-refractivity contribution in [3.63, 3.8) is 0 Å². The van der Waals surface area contributed by atoms with Crippen LogP contribution in [-0.4, -0.2) is 29.8 Å². The second-order valence-electron chi connectivity index (χ2n) is 8.61. The molecule has 1 saturated heterocycles. The molecule has 1 aliphatic heterocycles. The van der Waals surface area contributed by atoms with Crippen LogP contribution in [0.5, 0.6) is 0 Å². The van der Waals surface area contributed by atoms with Crippen molar-refractivity contribution < 1.29 is 9.59 Å². The summed E-state index contributed by atoms with van der Waals surface area (Å²) in [6.45, 7) is 7.23. The Morgan fingerprint density at radius 3 is 2.16 bits per heavy atom. The van der Waals surface area contributed by atoms with E-state index >= 15 is 0 Å². The van der Waals surface area contributed by atoms with Gasteiger partial charge in [0.05, 0.1) is 5.54 Å². The molecule has 4 heteroatoms. The predicted octanol–water partition coefficient (Wildman–Crippen LogP) is 3.47. The van der Waals surface area contributed by atoms with E-state index in [-0.39, 0.29) is 28.7 Å². The Hall–Kier alpha value is -1.84. The average molecular weight is 342 g/mol.